The molecule has 29 heavy (non-hydrogen) atoms. The highest BCUT2D eigenvalue weighted by Gasteiger charge is 2.34. The van der Waals surface area contributed by atoms with Gasteiger partial charge < -0.3 is 4.74 Å². The maximum atomic E-state index is 11.9. The molecule has 0 atom stereocenters. The quantitative estimate of drug-likeness (QED) is 0.320. The first-order valence-corrected chi connectivity index (χ1v) is 10.7. The number of allylic oxidation sites excluding steroid dienone is 1. The molecule has 1 aliphatic rings. The van der Waals surface area contributed by atoms with E-state index >= 15 is 0 Å². The lowest BCUT2D eigenvalue weighted by Gasteiger charge is -2.32. The van der Waals surface area contributed by atoms with Crippen molar-refractivity contribution >= 4 is 17.6 Å². The van der Waals surface area contributed by atoms with E-state index in [0.717, 1.165) is 18.4 Å². The SMILES string of the molecule is CCOC(=O)c1ccc(C=C(C)c2cccc3c2CC(C)(C)CC(C)(C)C3)cc1. The molecule has 2 aromatic carbocycles. The van der Waals surface area contributed by atoms with Crippen LogP contribution < -0.4 is 0 Å². The zero-order valence-electron chi connectivity index (χ0n) is 18.8. The third kappa shape index (κ3) is 5.18. The van der Waals surface area contributed by atoms with Crippen molar-refractivity contribution in [2.24, 2.45) is 10.8 Å². The number of ether oxygens (including phenoxy) is 1. The Hall–Kier alpha value is -2.35. The molecule has 3 rings (SSSR count). The molecule has 2 heteroatoms. The largest absolute Gasteiger partial charge is 0.462 e. The van der Waals surface area contributed by atoms with Crippen LogP contribution in [0, 0.1) is 10.8 Å². The van der Waals surface area contributed by atoms with Gasteiger partial charge in [-0.15, -0.1) is 0 Å². The van der Waals surface area contributed by atoms with Crippen LogP contribution in [0.1, 0.15) is 80.6 Å². The van der Waals surface area contributed by atoms with Crippen LogP contribution in [0.25, 0.3) is 11.6 Å². The molecule has 0 bridgehead atoms. The van der Waals surface area contributed by atoms with Crippen molar-refractivity contribution in [3.8, 4) is 0 Å². The molecule has 154 valence electrons. The molecule has 2 aromatic rings. The third-order valence-electron chi connectivity index (χ3n) is 5.78. The van der Waals surface area contributed by atoms with Crippen molar-refractivity contribution in [1.29, 1.82) is 0 Å². The van der Waals surface area contributed by atoms with Gasteiger partial charge in [-0.2, -0.15) is 0 Å². The average Bonchev–Trinajstić information content (AvgIpc) is 2.72. The Balaban J connectivity index is 1.94. The van der Waals surface area contributed by atoms with Gasteiger partial charge in [0.2, 0.25) is 0 Å². The van der Waals surface area contributed by atoms with Crippen LogP contribution in [0.3, 0.4) is 0 Å². The maximum absolute atomic E-state index is 11.9. The molecule has 0 aromatic heterocycles. The molecule has 0 amide bonds. The van der Waals surface area contributed by atoms with Crippen molar-refractivity contribution in [2.75, 3.05) is 6.61 Å². The second kappa shape index (κ2) is 8.18. The maximum Gasteiger partial charge on any atom is 0.338 e. The van der Waals surface area contributed by atoms with Gasteiger partial charge in [0.1, 0.15) is 0 Å². The van der Waals surface area contributed by atoms with Crippen LogP contribution in [0.15, 0.2) is 42.5 Å². The Morgan fingerprint density at radius 3 is 2.31 bits per heavy atom. The Bertz CT molecular complexity index is 914. The lowest BCUT2D eigenvalue weighted by molar-refractivity contribution is 0.0526. The highest BCUT2D eigenvalue weighted by molar-refractivity contribution is 5.90. The van der Waals surface area contributed by atoms with Gasteiger partial charge >= 0.3 is 5.97 Å². The number of hydrogen-bond acceptors (Lipinski definition) is 2. The lowest BCUT2D eigenvalue weighted by atomic mass is 9.73. The number of fused-ring (bicyclic) bond motifs is 1. The van der Waals surface area contributed by atoms with E-state index in [9.17, 15) is 4.79 Å². The Morgan fingerprint density at radius 2 is 1.66 bits per heavy atom. The number of hydrogen-bond donors (Lipinski definition) is 0. The molecule has 2 nitrogen and oxygen atoms in total. The van der Waals surface area contributed by atoms with Gasteiger partial charge in [0.15, 0.2) is 0 Å². The molecule has 0 unspecified atom stereocenters. The van der Waals surface area contributed by atoms with Gasteiger partial charge in [-0.25, -0.2) is 4.79 Å². The van der Waals surface area contributed by atoms with Crippen LogP contribution in [0.4, 0.5) is 0 Å². The van der Waals surface area contributed by atoms with E-state index in [1.54, 1.807) is 0 Å². The summed E-state index contributed by atoms with van der Waals surface area (Å²) in [5.41, 5.74) is 7.90. The van der Waals surface area contributed by atoms with Gasteiger partial charge in [0, 0.05) is 0 Å². The minimum absolute atomic E-state index is 0.266. The summed E-state index contributed by atoms with van der Waals surface area (Å²) in [5.74, 6) is -0.266. The molecule has 0 saturated carbocycles. The molecule has 0 radical (unpaired) electrons. The Morgan fingerprint density at radius 1 is 1.00 bits per heavy atom. The van der Waals surface area contributed by atoms with Crippen molar-refractivity contribution in [3.63, 3.8) is 0 Å². The molecule has 0 spiro atoms. The standard InChI is InChI=1S/C27H34O2/c1-7-29-25(28)21-13-11-20(12-14-21)15-19(2)23-10-8-9-22-16-26(3,4)18-27(5,6)17-24(22)23/h8-15H,7,16-18H2,1-6H3. The van der Waals surface area contributed by atoms with Crippen LogP contribution >= 0.6 is 0 Å². The first-order valence-electron chi connectivity index (χ1n) is 10.7. The molecule has 0 N–H and O–H groups in total. The van der Waals surface area contributed by atoms with E-state index < -0.39 is 0 Å². The van der Waals surface area contributed by atoms with Crippen LogP contribution in [-0.2, 0) is 17.6 Å². The second-order valence-corrected chi connectivity index (χ2v) is 9.97. The van der Waals surface area contributed by atoms with Crippen molar-refractivity contribution in [2.45, 2.75) is 60.8 Å². The normalized spacial score (nSPS) is 17.9. The van der Waals surface area contributed by atoms with Gasteiger partial charge in [0.05, 0.1) is 12.2 Å². The highest BCUT2D eigenvalue weighted by Crippen LogP contribution is 2.44. The lowest BCUT2D eigenvalue weighted by Crippen LogP contribution is -2.23. The van der Waals surface area contributed by atoms with E-state index in [0.29, 0.717) is 17.6 Å². The van der Waals surface area contributed by atoms with E-state index in [4.69, 9.17) is 4.74 Å². The third-order valence-corrected chi connectivity index (χ3v) is 5.78. The fourth-order valence-electron chi connectivity index (χ4n) is 5.05. The first-order chi connectivity index (χ1) is 13.6. The second-order valence-electron chi connectivity index (χ2n) is 9.97. The van der Waals surface area contributed by atoms with E-state index in [-0.39, 0.29) is 11.4 Å². The van der Waals surface area contributed by atoms with Gasteiger partial charge in [-0.1, -0.05) is 64.1 Å². The zero-order valence-corrected chi connectivity index (χ0v) is 18.8. The van der Waals surface area contributed by atoms with Crippen molar-refractivity contribution in [1.82, 2.24) is 0 Å². The topological polar surface area (TPSA) is 26.3 Å². The van der Waals surface area contributed by atoms with Crippen molar-refractivity contribution in [3.05, 3.63) is 70.3 Å². The van der Waals surface area contributed by atoms with Crippen LogP contribution in [-0.4, -0.2) is 12.6 Å². The highest BCUT2D eigenvalue weighted by atomic mass is 16.5. The summed E-state index contributed by atoms with van der Waals surface area (Å²) in [5, 5.41) is 0. The van der Waals surface area contributed by atoms with Crippen molar-refractivity contribution < 1.29 is 9.53 Å². The average molecular weight is 391 g/mol. The number of esters is 1. The van der Waals surface area contributed by atoms with Gasteiger partial charge in [0.25, 0.3) is 0 Å². The number of benzene rings is 2. The predicted octanol–water partition coefficient (Wildman–Crippen LogP) is 6.96. The molecular weight excluding hydrogens is 356 g/mol. The van der Waals surface area contributed by atoms with Crippen LogP contribution in [0.5, 0.6) is 0 Å². The molecule has 0 heterocycles. The summed E-state index contributed by atoms with van der Waals surface area (Å²) in [4.78, 5) is 11.9. The summed E-state index contributed by atoms with van der Waals surface area (Å²) in [7, 11) is 0. The fourth-order valence-corrected chi connectivity index (χ4v) is 5.05. The smallest absolute Gasteiger partial charge is 0.338 e. The van der Waals surface area contributed by atoms with E-state index in [1.807, 2.05) is 31.2 Å². The summed E-state index contributed by atoms with van der Waals surface area (Å²) in [6.07, 6.45) is 5.68. The molecule has 0 fully saturated rings. The van der Waals surface area contributed by atoms with Gasteiger partial charge in [-0.3, -0.25) is 0 Å². The van der Waals surface area contributed by atoms with Gasteiger partial charge in [-0.05, 0) is 83.9 Å². The Kier molecular flexibility index (Phi) is 6.03. The summed E-state index contributed by atoms with van der Waals surface area (Å²) >= 11 is 0. The predicted molar refractivity (Wildman–Crippen MR) is 122 cm³/mol. The summed E-state index contributed by atoms with van der Waals surface area (Å²) in [6.45, 7) is 14.0. The fraction of sp³-hybridized carbons (Fsp3) is 0.444. The minimum atomic E-state index is -0.266. The Labute approximate surface area is 176 Å². The first kappa shape index (κ1) is 21.4. The van der Waals surface area contributed by atoms with E-state index in [2.05, 4.69) is 58.9 Å². The number of carbonyl (C=O) groups is 1. The number of carbonyl (C=O) groups excluding carboxylic acids is 1. The molecule has 0 aliphatic heterocycles. The molecular formula is C27H34O2. The zero-order chi connectivity index (χ0) is 21.2. The molecule has 0 saturated heterocycles. The van der Waals surface area contributed by atoms with E-state index in [1.165, 1.54) is 28.7 Å². The summed E-state index contributed by atoms with van der Waals surface area (Å²) < 4.78 is 5.07. The minimum Gasteiger partial charge on any atom is -0.462 e. The molecule has 1 aliphatic carbocycles. The van der Waals surface area contributed by atoms with Crippen LogP contribution in [0.2, 0.25) is 0 Å². The monoisotopic (exact) mass is 390 g/mol. The number of rotatable bonds is 4. The summed E-state index contributed by atoms with van der Waals surface area (Å²) in [6, 6.07) is 14.4.